The average molecular weight is 408 g/mol. The van der Waals surface area contributed by atoms with Gasteiger partial charge in [-0.3, -0.25) is 14.4 Å². The number of carboxylic acids is 1. The van der Waals surface area contributed by atoms with E-state index in [1.807, 2.05) is 0 Å². The topological polar surface area (TPSA) is 171 Å². The summed E-state index contributed by atoms with van der Waals surface area (Å²) in [7, 11) is 0. The summed E-state index contributed by atoms with van der Waals surface area (Å²) in [5, 5.41) is 25.7. The van der Waals surface area contributed by atoms with Crippen molar-refractivity contribution in [3.05, 3.63) is 29.8 Å². The van der Waals surface area contributed by atoms with Crippen LogP contribution in [0.5, 0.6) is 5.75 Å². The molecule has 1 rings (SSSR count). The summed E-state index contributed by atoms with van der Waals surface area (Å²) in [6, 6.07) is 2.95. The van der Waals surface area contributed by atoms with Crippen molar-refractivity contribution >= 4 is 23.7 Å². The molecule has 160 valence electrons. The van der Waals surface area contributed by atoms with Gasteiger partial charge in [0, 0.05) is 6.42 Å². The van der Waals surface area contributed by atoms with Crippen LogP contribution in [0.25, 0.3) is 0 Å². The van der Waals surface area contributed by atoms with E-state index in [9.17, 15) is 29.4 Å². The highest BCUT2D eigenvalue weighted by Crippen LogP contribution is 2.11. The lowest BCUT2D eigenvalue weighted by atomic mass is 10.1. The molecule has 0 radical (unpaired) electrons. The molecule has 3 amide bonds. The molecule has 0 heterocycles. The van der Waals surface area contributed by atoms with Crippen molar-refractivity contribution in [2.45, 2.75) is 45.3 Å². The van der Waals surface area contributed by atoms with Crippen LogP contribution >= 0.6 is 0 Å². The smallest absolute Gasteiger partial charge is 0.326 e. The van der Waals surface area contributed by atoms with Crippen molar-refractivity contribution in [1.29, 1.82) is 0 Å². The number of phenolic OH excluding ortho intramolecular Hbond substituents is 1. The highest BCUT2D eigenvalue weighted by atomic mass is 16.4. The van der Waals surface area contributed by atoms with Gasteiger partial charge in [-0.15, -0.1) is 0 Å². The van der Waals surface area contributed by atoms with Gasteiger partial charge in [-0.05, 0) is 30.5 Å². The maximum atomic E-state index is 12.2. The lowest BCUT2D eigenvalue weighted by Crippen LogP contribution is -2.53. The SMILES string of the molecule is CC(C)[C@H](N)C(=O)NCC(=O)N[C@@H](C)C(=O)N[C@@H](Cc1ccc(O)cc1)C(=O)O. The maximum absolute atomic E-state index is 12.2. The zero-order valence-corrected chi connectivity index (χ0v) is 16.6. The molecule has 10 heteroatoms. The Hall–Kier alpha value is -3.14. The number of carbonyl (C=O) groups is 4. The molecule has 0 spiro atoms. The van der Waals surface area contributed by atoms with Crippen LogP contribution < -0.4 is 21.7 Å². The number of aromatic hydroxyl groups is 1. The van der Waals surface area contributed by atoms with Crippen LogP contribution in [-0.2, 0) is 25.6 Å². The van der Waals surface area contributed by atoms with E-state index in [0.717, 1.165) is 0 Å². The van der Waals surface area contributed by atoms with Gasteiger partial charge in [0.05, 0.1) is 12.6 Å². The third kappa shape index (κ3) is 8.18. The number of carboxylic acid groups (broad SMARTS) is 1. The van der Waals surface area contributed by atoms with Crippen LogP contribution in [0, 0.1) is 5.92 Å². The normalized spacial score (nSPS) is 13.8. The molecule has 0 unspecified atom stereocenters. The fraction of sp³-hybridized carbons (Fsp3) is 0.474. The summed E-state index contributed by atoms with van der Waals surface area (Å²) >= 11 is 0. The first-order valence-corrected chi connectivity index (χ1v) is 9.15. The van der Waals surface area contributed by atoms with Crippen LogP contribution in [0.3, 0.4) is 0 Å². The van der Waals surface area contributed by atoms with E-state index in [0.29, 0.717) is 5.56 Å². The first-order chi connectivity index (χ1) is 13.5. The molecule has 7 N–H and O–H groups in total. The highest BCUT2D eigenvalue weighted by molar-refractivity contribution is 5.92. The molecule has 0 aliphatic rings. The van der Waals surface area contributed by atoms with Gasteiger partial charge < -0.3 is 31.9 Å². The van der Waals surface area contributed by atoms with Crippen LogP contribution in [0.1, 0.15) is 26.3 Å². The minimum atomic E-state index is -1.24. The third-order valence-electron chi connectivity index (χ3n) is 4.21. The largest absolute Gasteiger partial charge is 0.508 e. The summed E-state index contributed by atoms with van der Waals surface area (Å²) in [5.41, 5.74) is 6.28. The number of carbonyl (C=O) groups excluding carboxylic acids is 3. The van der Waals surface area contributed by atoms with Crippen molar-refractivity contribution in [3.63, 3.8) is 0 Å². The quantitative estimate of drug-likeness (QED) is 0.291. The summed E-state index contributed by atoms with van der Waals surface area (Å²) in [6.45, 7) is 4.59. The number of nitrogens with two attached hydrogens (primary N) is 1. The lowest BCUT2D eigenvalue weighted by Gasteiger charge is -2.19. The molecule has 1 aromatic carbocycles. The van der Waals surface area contributed by atoms with Crippen molar-refractivity contribution in [1.82, 2.24) is 16.0 Å². The molecule has 29 heavy (non-hydrogen) atoms. The summed E-state index contributed by atoms with van der Waals surface area (Å²) in [5.74, 6) is -3.06. The molecule has 0 aromatic heterocycles. The van der Waals surface area contributed by atoms with E-state index in [-0.39, 0.29) is 24.6 Å². The van der Waals surface area contributed by atoms with E-state index in [1.165, 1.54) is 19.1 Å². The van der Waals surface area contributed by atoms with Crippen molar-refractivity contribution in [2.24, 2.45) is 11.7 Å². The van der Waals surface area contributed by atoms with Gasteiger partial charge in [0.15, 0.2) is 0 Å². The number of rotatable bonds is 10. The Kier molecular flexibility index (Phi) is 9.07. The van der Waals surface area contributed by atoms with Crippen LogP contribution in [0.4, 0.5) is 0 Å². The number of nitrogens with one attached hydrogen (secondary N) is 3. The Labute approximate surface area is 168 Å². The predicted molar refractivity (Wildman–Crippen MR) is 105 cm³/mol. The zero-order chi connectivity index (χ0) is 22.1. The second-order valence-electron chi connectivity index (χ2n) is 7.05. The van der Waals surface area contributed by atoms with Crippen LogP contribution in [0.15, 0.2) is 24.3 Å². The van der Waals surface area contributed by atoms with E-state index in [2.05, 4.69) is 16.0 Å². The third-order valence-corrected chi connectivity index (χ3v) is 4.21. The molecule has 0 fully saturated rings. The van der Waals surface area contributed by atoms with Gasteiger partial charge in [-0.2, -0.15) is 0 Å². The second kappa shape index (κ2) is 11.0. The van der Waals surface area contributed by atoms with Gasteiger partial charge in [0.25, 0.3) is 0 Å². The van der Waals surface area contributed by atoms with Crippen molar-refractivity contribution < 1.29 is 29.4 Å². The Balaban J connectivity index is 2.55. The first-order valence-electron chi connectivity index (χ1n) is 9.15. The van der Waals surface area contributed by atoms with Gasteiger partial charge in [0.1, 0.15) is 17.8 Å². The summed E-state index contributed by atoms with van der Waals surface area (Å²) in [4.78, 5) is 47.3. The highest BCUT2D eigenvalue weighted by Gasteiger charge is 2.24. The van der Waals surface area contributed by atoms with Gasteiger partial charge in [-0.1, -0.05) is 26.0 Å². The number of hydrogen-bond donors (Lipinski definition) is 6. The van der Waals surface area contributed by atoms with Crippen LogP contribution in [-0.4, -0.2) is 58.6 Å². The number of aliphatic carboxylic acids is 1. The van der Waals surface area contributed by atoms with E-state index in [4.69, 9.17) is 5.73 Å². The molecule has 0 saturated carbocycles. The summed E-state index contributed by atoms with van der Waals surface area (Å²) in [6.07, 6.45) is 0.00513. The molecule has 3 atom stereocenters. The molecule has 0 bridgehead atoms. The Morgan fingerprint density at radius 1 is 1.00 bits per heavy atom. The van der Waals surface area contributed by atoms with Crippen molar-refractivity contribution in [3.8, 4) is 5.75 Å². The molecule has 1 aromatic rings. The molecule has 10 nitrogen and oxygen atoms in total. The van der Waals surface area contributed by atoms with E-state index < -0.39 is 41.8 Å². The number of phenols is 1. The van der Waals surface area contributed by atoms with Crippen LogP contribution in [0.2, 0.25) is 0 Å². The second-order valence-corrected chi connectivity index (χ2v) is 7.05. The van der Waals surface area contributed by atoms with Crippen molar-refractivity contribution in [2.75, 3.05) is 6.54 Å². The van der Waals surface area contributed by atoms with E-state index >= 15 is 0 Å². The molecule has 0 aliphatic carbocycles. The summed E-state index contributed by atoms with van der Waals surface area (Å²) < 4.78 is 0. The van der Waals surface area contributed by atoms with Gasteiger partial charge >= 0.3 is 5.97 Å². The number of amides is 3. The fourth-order valence-electron chi connectivity index (χ4n) is 2.31. The standard InChI is InChI=1S/C19H28N4O6/c1-10(2)16(20)18(27)21-9-15(25)22-11(3)17(26)23-14(19(28)29)8-12-4-6-13(24)7-5-12/h4-7,10-11,14,16,24H,8-9,20H2,1-3H3,(H,21,27)(H,22,25)(H,23,26)(H,28,29)/t11-,14-,16-/m0/s1. The Bertz CT molecular complexity index is 735. The van der Waals surface area contributed by atoms with E-state index in [1.54, 1.807) is 26.0 Å². The first kappa shape index (κ1) is 23.9. The fourth-order valence-corrected chi connectivity index (χ4v) is 2.31. The molecular weight excluding hydrogens is 380 g/mol. The lowest BCUT2D eigenvalue weighted by molar-refractivity contribution is -0.142. The van der Waals surface area contributed by atoms with Gasteiger partial charge in [0.2, 0.25) is 17.7 Å². The van der Waals surface area contributed by atoms with Gasteiger partial charge in [-0.25, -0.2) is 4.79 Å². The Morgan fingerprint density at radius 3 is 2.10 bits per heavy atom. The minimum Gasteiger partial charge on any atom is -0.508 e. The number of benzene rings is 1. The predicted octanol–water partition coefficient (Wildman–Crippen LogP) is -0.892. The monoisotopic (exact) mass is 408 g/mol. The molecular formula is C19H28N4O6. The molecule has 0 saturated heterocycles. The average Bonchev–Trinajstić information content (AvgIpc) is 2.66. The maximum Gasteiger partial charge on any atom is 0.326 e. The Morgan fingerprint density at radius 2 is 1.59 bits per heavy atom. The molecule has 0 aliphatic heterocycles. The zero-order valence-electron chi connectivity index (χ0n) is 16.6. The number of hydrogen-bond acceptors (Lipinski definition) is 6. The minimum absolute atomic E-state index is 0.00513.